The summed E-state index contributed by atoms with van der Waals surface area (Å²) >= 11 is 0. The second-order valence-corrected chi connectivity index (χ2v) is 4.67. The van der Waals surface area contributed by atoms with Crippen molar-refractivity contribution in [3.63, 3.8) is 0 Å². The van der Waals surface area contributed by atoms with Gasteiger partial charge < -0.3 is 15.4 Å². The van der Waals surface area contributed by atoms with Crippen LogP contribution < -0.4 is 10.6 Å². The van der Waals surface area contributed by atoms with Gasteiger partial charge in [-0.1, -0.05) is 0 Å². The number of aromatic nitrogens is 2. The highest BCUT2D eigenvalue weighted by molar-refractivity contribution is 5.42. The van der Waals surface area contributed by atoms with Crippen molar-refractivity contribution in [3.05, 3.63) is 11.8 Å². The van der Waals surface area contributed by atoms with Crippen LogP contribution in [0.25, 0.3) is 0 Å². The lowest BCUT2D eigenvalue weighted by Gasteiger charge is -2.22. The summed E-state index contributed by atoms with van der Waals surface area (Å²) in [5.41, 5.74) is -0.959. The molecule has 0 bridgehead atoms. The number of anilines is 2. The zero-order valence-electron chi connectivity index (χ0n) is 11.1. The highest BCUT2D eigenvalue weighted by atomic mass is 19.4. The molecular formula is C12H17F3N4O. The first-order valence-electron chi connectivity index (χ1n) is 6.44. The minimum Gasteiger partial charge on any atom is -0.381 e. The van der Waals surface area contributed by atoms with Crippen molar-refractivity contribution in [1.82, 2.24) is 9.97 Å². The van der Waals surface area contributed by atoms with Crippen molar-refractivity contribution in [2.75, 3.05) is 37.4 Å². The molecule has 0 aliphatic carbocycles. The van der Waals surface area contributed by atoms with Gasteiger partial charge in [0.15, 0.2) is 5.69 Å². The molecule has 112 valence electrons. The van der Waals surface area contributed by atoms with Gasteiger partial charge in [-0.2, -0.15) is 18.2 Å². The number of nitrogens with one attached hydrogen (secondary N) is 2. The zero-order chi connectivity index (χ0) is 14.6. The fourth-order valence-electron chi connectivity index (χ4n) is 2.01. The van der Waals surface area contributed by atoms with Gasteiger partial charge in [-0.15, -0.1) is 0 Å². The highest BCUT2D eigenvalue weighted by Crippen LogP contribution is 2.29. The van der Waals surface area contributed by atoms with Gasteiger partial charge in [-0.3, -0.25) is 0 Å². The van der Waals surface area contributed by atoms with E-state index in [-0.39, 0.29) is 11.8 Å². The third kappa shape index (κ3) is 3.96. The summed E-state index contributed by atoms with van der Waals surface area (Å²) in [5, 5.41) is 5.46. The molecule has 2 heterocycles. The van der Waals surface area contributed by atoms with Gasteiger partial charge in [0, 0.05) is 26.3 Å². The van der Waals surface area contributed by atoms with Gasteiger partial charge >= 0.3 is 6.18 Å². The fourth-order valence-corrected chi connectivity index (χ4v) is 2.01. The van der Waals surface area contributed by atoms with E-state index in [9.17, 15) is 13.2 Å². The van der Waals surface area contributed by atoms with Gasteiger partial charge in [0.05, 0.1) is 6.61 Å². The smallest absolute Gasteiger partial charge is 0.381 e. The molecular weight excluding hydrogens is 273 g/mol. The molecule has 1 atom stereocenters. The van der Waals surface area contributed by atoms with Crippen molar-refractivity contribution < 1.29 is 17.9 Å². The molecule has 2 rings (SSSR count). The number of hydrogen-bond acceptors (Lipinski definition) is 5. The fraction of sp³-hybridized carbons (Fsp3) is 0.667. The minimum atomic E-state index is -4.49. The Morgan fingerprint density at radius 1 is 1.40 bits per heavy atom. The highest BCUT2D eigenvalue weighted by Gasteiger charge is 2.33. The molecule has 1 aliphatic rings. The van der Waals surface area contributed by atoms with Gasteiger partial charge in [0.2, 0.25) is 5.95 Å². The Bertz CT molecular complexity index is 447. The second kappa shape index (κ2) is 6.25. The van der Waals surface area contributed by atoms with Gasteiger partial charge in [-0.05, 0) is 18.8 Å². The number of nitrogens with zero attached hydrogens (tertiary/aromatic N) is 2. The Hall–Kier alpha value is -1.57. The molecule has 1 saturated heterocycles. The lowest BCUT2D eigenvalue weighted by Crippen LogP contribution is -2.25. The molecule has 0 saturated carbocycles. The monoisotopic (exact) mass is 290 g/mol. The topological polar surface area (TPSA) is 59.1 Å². The standard InChI is InChI=1S/C12H17F3N4O/c1-16-11-18-9(12(13,14)15)5-10(19-11)17-6-8-3-2-4-20-7-8/h5,8H,2-4,6-7H2,1H3,(H2,16,17,18,19). The summed E-state index contributed by atoms with van der Waals surface area (Å²) in [6.45, 7) is 1.92. The molecule has 5 nitrogen and oxygen atoms in total. The molecule has 0 aromatic carbocycles. The average molecular weight is 290 g/mol. The molecule has 1 aromatic heterocycles. The van der Waals surface area contributed by atoms with E-state index >= 15 is 0 Å². The van der Waals surface area contributed by atoms with E-state index in [1.807, 2.05) is 0 Å². The number of alkyl halides is 3. The van der Waals surface area contributed by atoms with E-state index in [1.165, 1.54) is 7.05 Å². The Morgan fingerprint density at radius 2 is 2.20 bits per heavy atom. The van der Waals surface area contributed by atoms with Crippen molar-refractivity contribution in [2.24, 2.45) is 5.92 Å². The van der Waals surface area contributed by atoms with Crippen LogP contribution in [0.4, 0.5) is 24.9 Å². The number of rotatable bonds is 4. The molecule has 2 N–H and O–H groups in total. The first-order chi connectivity index (χ1) is 9.49. The maximum Gasteiger partial charge on any atom is 0.433 e. The predicted octanol–water partition coefficient (Wildman–Crippen LogP) is 2.38. The predicted molar refractivity (Wildman–Crippen MR) is 68.6 cm³/mol. The number of ether oxygens (including phenoxy) is 1. The summed E-state index contributed by atoms with van der Waals surface area (Å²) in [5.74, 6) is 0.413. The lowest BCUT2D eigenvalue weighted by molar-refractivity contribution is -0.141. The number of halogens is 3. The SMILES string of the molecule is CNc1nc(NCC2CCCOC2)cc(C(F)(F)F)n1. The van der Waals surface area contributed by atoms with E-state index in [4.69, 9.17) is 4.74 Å². The summed E-state index contributed by atoms with van der Waals surface area (Å²) < 4.78 is 43.5. The molecule has 0 radical (unpaired) electrons. The van der Waals surface area contributed by atoms with Crippen LogP contribution in [0.3, 0.4) is 0 Å². The largest absolute Gasteiger partial charge is 0.433 e. The van der Waals surface area contributed by atoms with Crippen molar-refractivity contribution in [3.8, 4) is 0 Å². The van der Waals surface area contributed by atoms with Crippen LogP contribution >= 0.6 is 0 Å². The Kier molecular flexibility index (Phi) is 4.64. The van der Waals surface area contributed by atoms with E-state index in [0.717, 1.165) is 25.5 Å². The van der Waals surface area contributed by atoms with Gasteiger partial charge in [0.1, 0.15) is 5.82 Å². The molecule has 0 spiro atoms. The molecule has 1 aliphatic heterocycles. The van der Waals surface area contributed by atoms with Crippen molar-refractivity contribution in [1.29, 1.82) is 0 Å². The van der Waals surface area contributed by atoms with Gasteiger partial charge in [-0.25, -0.2) is 4.98 Å². The van der Waals surface area contributed by atoms with E-state index in [2.05, 4.69) is 20.6 Å². The van der Waals surface area contributed by atoms with E-state index in [1.54, 1.807) is 0 Å². The van der Waals surface area contributed by atoms with Crippen molar-refractivity contribution >= 4 is 11.8 Å². The normalized spacial score (nSPS) is 19.7. The molecule has 8 heteroatoms. The first kappa shape index (κ1) is 14.8. The van der Waals surface area contributed by atoms with Crippen molar-refractivity contribution in [2.45, 2.75) is 19.0 Å². The third-order valence-corrected chi connectivity index (χ3v) is 3.07. The average Bonchev–Trinajstić information content (AvgIpc) is 2.45. The van der Waals surface area contributed by atoms with Crippen LogP contribution in [0.15, 0.2) is 6.07 Å². The van der Waals surface area contributed by atoms with Crippen LogP contribution in [0.5, 0.6) is 0 Å². The lowest BCUT2D eigenvalue weighted by atomic mass is 10.0. The molecule has 0 amide bonds. The maximum absolute atomic E-state index is 12.7. The van der Waals surface area contributed by atoms with Gasteiger partial charge in [0.25, 0.3) is 0 Å². The summed E-state index contributed by atoms with van der Waals surface area (Å²) in [4.78, 5) is 7.38. The summed E-state index contributed by atoms with van der Waals surface area (Å²) in [6.07, 6.45) is -2.51. The van der Waals surface area contributed by atoms with Crippen LogP contribution in [-0.2, 0) is 10.9 Å². The number of hydrogen-bond donors (Lipinski definition) is 2. The maximum atomic E-state index is 12.7. The Balaban J connectivity index is 2.06. The molecule has 1 unspecified atom stereocenters. The summed E-state index contributed by atoms with van der Waals surface area (Å²) in [6, 6.07) is 0.921. The molecule has 1 aromatic rings. The van der Waals surface area contributed by atoms with Crippen LogP contribution in [-0.4, -0.2) is 36.8 Å². The Morgan fingerprint density at radius 3 is 2.80 bits per heavy atom. The summed E-state index contributed by atoms with van der Waals surface area (Å²) in [7, 11) is 1.48. The minimum absolute atomic E-state index is 0.0535. The van der Waals surface area contributed by atoms with Crippen LogP contribution in [0, 0.1) is 5.92 Å². The first-order valence-corrected chi connectivity index (χ1v) is 6.44. The van der Waals surface area contributed by atoms with E-state index in [0.29, 0.717) is 19.1 Å². The van der Waals surface area contributed by atoms with Crippen LogP contribution in [0.1, 0.15) is 18.5 Å². The quantitative estimate of drug-likeness (QED) is 0.891. The van der Waals surface area contributed by atoms with Crippen LogP contribution in [0.2, 0.25) is 0 Å². The zero-order valence-corrected chi connectivity index (χ0v) is 11.1. The molecule has 1 fully saturated rings. The Labute approximate surface area is 114 Å². The van der Waals surface area contributed by atoms with E-state index < -0.39 is 11.9 Å². The molecule has 20 heavy (non-hydrogen) atoms. The third-order valence-electron chi connectivity index (χ3n) is 3.07. The second-order valence-electron chi connectivity index (χ2n) is 4.67.